The van der Waals surface area contributed by atoms with Crippen molar-refractivity contribution in [1.82, 2.24) is 14.9 Å². The zero-order chi connectivity index (χ0) is 18.1. The topological polar surface area (TPSA) is 73.1 Å². The van der Waals surface area contributed by atoms with E-state index in [-0.39, 0.29) is 17.9 Å². The summed E-state index contributed by atoms with van der Waals surface area (Å²) in [5.41, 5.74) is 1.84. The molecule has 0 aliphatic carbocycles. The Labute approximate surface area is 150 Å². The van der Waals surface area contributed by atoms with Crippen LogP contribution in [0.4, 0.5) is 10.3 Å². The summed E-state index contributed by atoms with van der Waals surface area (Å²) in [5.74, 6) is 0.144. The van der Waals surface area contributed by atoms with Gasteiger partial charge < -0.3 is 0 Å². The third-order valence-corrected chi connectivity index (χ3v) is 5.11. The van der Waals surface area contributed by atoms with Gasteiger partial charge >= 0.3 is 0 Å². The molecule has 0 saturated carbocycles. The third-order valence-electron chi connectivity index (χ3n) is 5.11. The highest BCUT2D eigenvalue weighted by atomic mass is 19.1. The van der Waals surface area contributed by atoms with Crippen molar-refractivity contribution in [2.24, 2.45) is 5.92 Å². The Morgan fingerprint density at radius 2 is 1.92 bits per heavy atom. The van der Waals surface area contributed by atoms with Crippen LogP contribution in [0.3, 0.4) is 0 Å². The second kappa shape index (κ2) is 6.81. The fourth-order valence-corrected chi connectivity index (χ4v) is 3.86. The summed E-state index contributed by atoms with van der Waals surface area (Å²) >= 11 is 0. The van der Waals surface area contributed by atoms with Crippen molar-refractivity contribution in [3.8, 4) is 6.07 Å². The van der Waals surface area contributed by atoms with Gasteiger partial charge in [0.05, 0.1) is 30.1 Å². The molecular formula is C19H18FN5O. The SMILES string of the molecule is N#Cc1ccc(C[C@H]2C[C@H]3C(=O)N(c4ncc(F)cn4)CCN3C2)cc1. The van der Waals surface area contributed by atoms with Gasteiger partial charge in [0, 0.05) is 19.6 Å². The van der Waals surface area contributed by atoms with E-state index in [1.165, 1.54) is 5.56 Å². The molecular weight excluding hydrogens is 333 g/mol. The van der Waals surface area contributed by atoms with Crippen molar-refractivity contribution in [2.75, 3.05) is 24.5 Å². The molecule has 1 aromatic heterocycles. The fourth-order valence-electron chi connectivity index (χ4n) is 3.86. The molecule has 3 heterocycles. The maximum absolute atomic E-state index is 13.0. The predicted molar refractivity (Wildman–Crippen MR) is 92.7 cm³/mol. The molecule has 6 nitrogen and oxygen atoms in total. The van der Waals surface area contributed by atoms with Crippen LogP contribution in [0.5, 0.6) is 0 Å². The molecule has 2 aromatic rings. The van der Waals surface area contributed by atoms with Crippen LogP contribution in [0, 0.1) is 23.1 Å². The van der Waals surface area contributed by atoms with Crippen LogP contribution in [0.25, 0.3) is 0 Å². The van der Waals surface area contributed by atoms with E-state index in [1.807, 2.05) is 24.3 Å². The van der Waals surface area contributed by atoms with Gasteiger partial charge in [0.25, 0.3) is 0 Å². The van der Waals surface area contributed by atoms with Crippen LogP contribution in [-0.2, 0) is 11.2 Å². The van der Waals surface area contributed by atoms with Crippen LogP contribution in [0.1, 0.15) is 17.5 Å². The highest BCUT2D eigenvalue weighted by molar-refractivity contribution is 5.96. The maximum atomic E-state index is 13.0. The zero-order valence-corrected chi connectivity index (χ0v) is 14.2. The van der Waals surface area contributed by atoms with Crippen LogP contribution < -0.4 is 4.90 Å². The first-order valence-corrected chi connectivity index (χ1v) is 8.66. The van der Waals surface area contributed by atoms with Crippen LogP contribution >= 0.6 is 0 Å². The molecule has 1 amide bonds. The monoisotopic (exact) mass is 351 g/mol. The average molecular weight is 351 g/mol. The largest absolute Gasteiger partial charge is 0.290 e. The summed E-state index contributed by atoms with van der Waals surface area (Å²) in [7, 11) is 0. The number of halogens is 1. The lowest BCUT2D eigenvalue weighted by Crippen LogP contribution is -2.55. The molecule has 132 valence electrons. The van der Waals surface area contributed by atoms with Crippen LogP contribution in [0.2, 0.25) is 0 Å². The Balaban J connectivity index is 1.44. The summed E-state index contributed by atoms with van der Waals surface area (Å²) in [6.07, 6.45) is 3.85. The number of carbonyl (C=O) groups excluding carboxylic acids is 1. The van der Waals surface area contributed by atoms with Crippen LogP contribution in [-0.4, -0.2) is 46.5 Å². The second-order valence-corrected chi connectivity index (χ2v) is 6.82. The lowest BCUT2D eigenvalue weighted by molar-refractivity contribution is -0.124. The molecule has 2 saturated heterocycles. The number of anilines is 1. The summed E-state index contributed by atoms with van der Waals surface area (Å²) in [6, 6.07) is 9.58. The molecule has 4 rings (SSSR count). The summed E-state index contributed by atoms with van der Waals surface area (Å²) in [5, 5.41) is 8.89. The van der Waals surface area contributed by atoms with Crippen LogP contribution in [0.15, 0.2) is 36.7 Å². The number of carbonyl (C=O) groups is 1. The smallest absolute Gasteiger partial charge is 0.246 e. The van der Waals surface area contributed by atoms with E-state index in [1.54, 1.807) is 4.90 Å². The fraction of sp³-hybridized carbons (Fsp3) is 0.368. The number of hydrogen-bond donors (Lipinski definition) is 0. The minimum atomic E-state index is -0.511. The lowest BCUT2D eigenvalue weighted by atomic mass is 9.96. The molecule has 2 aliphatic heterocycles. The molecule has 26 heavy (non-hydrogen) atoms. The molecule has 2 aliphatic rings. The van der Waals surface area contributed by atoms with Gasteiger partial charge in [-0.15, -0.1) is 0 Å². The molecule has 0 spiro atoms. The first kappa shape index (κ1) is 16.6. The standard InChI is InChI=1S/C19H18FN5O/c20-16-10-22-19(23-11-16)25-6-5-24-12-15(8-17(24)18(25)26)7-13-1-3-14(9-21)4-2-13/h1-4,10-11,15,17H,5-8,12H2/t15-,17-/m0/s1. The van der Waals surface area contributed by atoms with Gasteiger partial charge in [0.2, 0.25) is 11.9 Å². The number of hydrogen-bond acceptors (Lipinski definition) is 5. The van der Waals surface area contributed by atoms with Gasteiger partial charge in [-0.3, -0.25) is 14.6 Å². The molecule has 0 radical (unpaired) electrons. The van der Waals surface area contributed by atoms with E-state index in [0.717, 1.165) is 38.3 Å². The summed E-state index contributed by atoms with van der Waals surface area (Å²) in [6.45, 7) is 2.17. The number of nitrogens with zero attached hydrogens (tertiary/aromatic N) is 5. The van der Waals surface area contributed by atoms with E-state index in [4.69, 9.17) is 5.26 Å². The van der Waals surface area contributed by atoms with E-state index in [9.17, 15) is 9.18 Å². The van der Waals surface area contributed by atoms with Gasteiger partial charge in [0.1, 0.15) is 0 Å². The molecule has 0 N–H and O–H groups in total. The zero-order valence-electron chi connectivity index (χ0n) is 14.2. The number of benzene rings is 1. The van der Waals surface area contributed by atoms with Gasteiger partial charge in [-0.25, -0.2) is 14.4 Å². The quantitative estimate of drug-likeness (QED) is 0.843. The number of aromatic nitrogens is 2. The van der Waals surface area contributed by atoms with Crippen molar-refractivity contribution in [3.05, 3.63) is 53.6 Å². The molecule has 1 aromatic carbocycles. The third kappa shape index (κ3) is 3.16. The Kier molecular flexibility index (Phi) is 4.35. The lowest BCUT2D eigenvalue weighted by Gasteiger charge is -2.35. The van der Waals surface area contributed by atoms with Gasteiger partial charge in [-0.05, 0) is 36.5 Å². The Bertz CT molecular complexity index is 846. The highest BCUT2D eigenvalue weighted by Crippen LogP contribution is 2.30. The van der Waals surface area contributed by atoms with E-state index >= 15 is 0 Å². The first-order valence-electron chi connectivity index (χ1n) is 8.66. The first-order chi connectivity index (χ1) is 12.6. The Morgan fingerprint density at radius 3 is 2.62 bits per heavy atom. The summed E-state index contributed by atoms with van der Waals surface area (Å²) < 4.78 is 13.0. The highest BCUT2D eigenvalue weighted by Gasteiger charge is 2.42. The number of nitriles is 1. The molecule has 2 fully saturated rings. The van der Waals surface area contributed by atoms with Gasteiger partial charge in [-0.2, -0.15) is 5.26 Å². The van der Waals surface area contributed by atoms with Crippen molar-refractivity contribution < 1.29 is 9.18 Å². The van der Waals surface area contributed by atoms with E-state index in [0.29, 0.717) is 18.0 Å². The van der Waals surface area contributed by atoms with Gasteiger partial charge in [0.15, 0.2) is 5.82 Å². The van der Waals surface area contributed by atoms with E-state index in [2.05, 4.69) is 20.9 Å². The Hall–Kier alpha value is -2.85. The molecule has 7 heteroatoms. The van der Waals surface area contributed by atoms with Gasteiger partial charge in [-0.1, -0.05) is 12.1 Å². The predicted octanol–water partition coefficient (Wildman–Crippen LogP) is 1.77. The van der Waals surface area contributed by atoms with E-state index < -0.39 is 5.82 Å². The number of piperazine rings is 1. The van der Waals surface area contributed by atoms with Crippen molar-refractivity contribution in [1.29, 1.82) is 5.26 Å². The molecule has 0 bridgehead atoms. The minimum Gasteiger partial charge on any atom is -0.290 e. The Morgan fingerprint density at radius 1 is 1.19 bits per heavy atom. The molecule has 2 atom stereocenters. The normalized spacial score (nSPS) is 22.9. The number of amides is 1. The number of fused-ring (bicyclic) bond motifs is 1. The molecule has 0 unspecified atom stereocenters. The van der Waals surface area contributed by atoms with Crippen molar-refractivity contribution in [2.45, 2.75) is 18.9 Å². The van der Waals surface area contributed by atoms with Crippen molar-refractivity contribution >= 4 is 11.9 Å². The number of rotatable bonds is 3. The minimum absolute atomic E-state index is 0.00909. The summed E-state index contributed by atoms with van der Waals surface area (Å²) in [4.78, 5) is 24.5. The average Bonchev–Trinajstić information content (AvgIpc) is 3.07. The second-order valence-electron chi connectivity index (χ2n) is 6.82. The van der Waals surface area contributed by atoms with Crippen molar-refractivity contribution in [3.63, 3.8) is 0 Å². The maximum Gasteiger partial charge on any atom is 0.246 e.